The summed E-state index contributed by atoms with van der Waals surface area (Å²) in [6.45, 7) is 0.829. The molecule has 22 heavy (non-hydrogen) atoms. The first-order valence-electron chi connectivity index (χ1n) is 6.96. The van der Waals surface area contributed by atoms with Gasteiger partial charge >= 0.3 is 0 Å². The summed E-state index contributed by atoms with van der Waals surface area (Å²) in [6.07, 6.45) is 9.79. The molecule has 0 N–H and O–H groups in total. The van der Waals surface area contributed by atoms with E-state index >= 15 is 0 Å². The molecule has 0 unspecified atom stereocenters. The highest BCUT2D eigenvalue weighted by atomic mass is 35.5. The van der Waals surface area contributed by atoms with Crippen LogP contribution in [0, 0.1) is 0 Å². The number of nitrogens with zero attached hydrogens (tertiary/aromatic N) is 2. The molecule has 0 saturated carbocycles. The Morgan fingerprint density at radius 3 is 2.64 bits per heavy atom. The molecule has 4 heteroatoms. The molecule has 0 radical (unpaired) electrons. The monoisotopic (exact) mass is 326 g/mol. The van der Waals surface area contributed by atoms with Crippen molar-refractivity contribution in [2.75, 3.05) is 0 Å². The van der Waals surface area contributed by atoms with E-state index in [4.69, 9.17) is 11.6 Å². The van der Waals surface area contributed by atoms with E-state index in [0.29, 0.717) is 0 Å². The zero-order valence-electron chi connectivity index (χ0n) is 11.9. The van der Waals surface area contributed by atoms with Gasteiger partial charge in [0.25, 0.3) is 0 Å². The van der Waals surface area contributed by atoms with E-state index in [1.54, 1.807) is 18.0 Å². The molecule has 2 nitrogen and oxygen atoms in total. The van der Waals surface area contributed by atoms with E-state index in [1.165, 1.54) is 10.5 Å². The van der Waals surface area contributed by atoms with Gasteiger partial charge in [0, 0.05) is 28.7 Å². The average Bonchev–Trinajstić information content (AvgIpc) is 3.05. The van der Waals surface area contributed by atoms with Crippen molar-refractivity contribution in [3.05, 3.63) is 83.9 Å². The highest BCUT2D eigenvalue weighted by Gasteiger charge is 2.01. The Kier molecular flexibility index (Phi) is 4.99. The molecule has 0 aliphatic heterocycles. The number of rotatable bonds is 5. The number of aromatic nitrogens is 2. The van der Waals surface area contributed by atoms with E-state index < -0.39 is 0 Å². The number of halogens is 1. The fourth-order valence-corrected chi connectivity index (χ4v) is 3.10. The molecule has 1 heterocycles. The highest BCUT2D eigenvalue weighted by Crippen LogP contribution is 2.33. The molecular weight excluding hydrogens is 312 g/mol. The summed E-state index contributed by atoms with van der Waals surface area (Å²) >= 11 is 7.86. The lowest BCUT2D eigenvalue weighted by Gasteiger charge is -2.04. The summed E-state index contributed by atoms with van der Waals surface area (Å²) in [6, 6.07) is 16.4. The molecule has 1 aromatic heterocycles. The second-order valence-electron chi connectivity index (χ2n) is 4.76. The van der Waals surface area contributed by atoms with E-state index in [1.807, 2.05) is 41.4 Å². The molecule has 0 fully saturated rings. The van der Waals surface area contributed by atoms with E-state index in [2.05, 4.69) is 41.4 Å². The van der Waals surface area contributed by atoms with Gasteiger partial charge in [0.1, 0.15) is 0 Å². The molecule has 0 aliphatic carbocycles. The molecule has 110 valence electrons. The van der Waals surface area contributed by atoms with Crippen LogP contribution in [0.25, 0.3) is 6.08 Å². The topological polar surface area (TPSA) is 17.8 Å². The predicted octanol–water partition coefficient (Wildman–Crippen LogP) is 5.40. The lowest BCUT2D eigenvalue weighted by Crippen LogP contribution is -1.89. The zero-order chi connectivity index (χ0) is 15.2. The van der Waals surface area contributed by atoms with Gasteiger partial charge in [-0.25, -0.2) is 4.98 Å². The van der Waals surface area contributed by atoms with Crippen molar-refractivity contribution in [3.8, 4) is 0 Å². The van der Waals surface area contributed by atoms with Crippen molar-refractivity contribution >= 4 is 29.4 Å². The Labute approximate surface area is 139 Å². The lowest BCUT2D eigenvalue weighted by atomic mass is 10.2. The normalized spacial score (nSPS) is 11.1. The maximum atomic E-state index is 6.18. The van der Waals surface area contributed by atoms with Crippen LogP contribution in [0.2, 0.25) is 5.02 Å². The fraction of sp³-hybridized carbons (Fsp3) is 0.0556. The minimum atomic E-state index is 0.789. The average molecular weight is 327 g/mol. The minimum absolute atomic E-state index is 0.789. The van der Waals surface area contributed by atoms with Gasteiger partial charge in [-0.3, -0.25) is 0 Å². The number of hydrogen-bond donors (Lipinski definition) is 0. The lowest BCUT2D eigenvalue weighted by molar-refractivity contribution is 0.823. The van der Waals surface area contributed by atoms with Crippen LogP contribution in [0.4, 0.5) is 0 Å². The summed E-state index contributed by atoms with van der Waals surface area (Å²) < 4.78 is 2.03. The second-order valence-corrected chi connectivity index (χ2v) is 6.29. The first-order valence-corrected chi connectivity index (χ1v) is 8.15. The highest BCUT2D eigenvalue weighted by molar-refractivity contribution is 7.99. The Morgan fingerprint density at radius 2 is 1.91 bits per heavy atom. The molecule has 0 saturated heterocycles. The van der Waals surface area contributed by atoms with Gasteiger partial charge in [0.05, 0.1) is 11.3 Å². The number of hydrogen-bond acceptors (Lipinski definition) is 2. The summed E-state index contributed by atoms with van der Waals surface area (Å²) in [4.78, 5) is 6.28. The smallest absolute Gasteiger partial charge is 0.0948 e. The molecular formula is C18H15ClN2S. The van der Waals surface area contributed by atoms with E-state index in [9.17, 15) is 0 Å². The Hall–Kier alpha value is -1.97. The SMILES string of the molecule is Clc1ccccc1Sc1ccc(C=CCn2ccnc2)cc1. The first kappa shape index (κ1) is 14.9. The van der Waals surface area contributed by atoms with Gasteiger partial charge in [0.15, 0.2) is 0 Å². The Morgan fingerprint density at radius 1 is 1.09 bits per heavy atom. The van der Waals surface area contributed by atoms with Crippen molar-refractivity contribution in [1.82, 2.24) is 9.55 Å². The van der Waals surface area contributed by atoms with Gasteiger partial charge in [-0.15, -0.1) is 0 Å². The molecule has 0 spiro atoms. The molecule has 0 bridgehead atoms. The largest absolute Gasteiger partial charge is 0.334 e. The maximum absolute atomic E-state index is 6.18. The maximum Gasteiger partial charge on any atom is 0.0948 e. The van der Waals surface area contributed by atoms with Crippen LogP contribution in [0.1, 0.15) is 5.56 Å². The van der Waals surface area contributed by atoms with Gasteiger partial charge < -0.3 is 4.57 Å². The molecule has 0 aliphatic rings. The van der Waals surface area contributed by atoms with Crippen LogP contribution < -0.4 is 0 Å². The van der Waals surface area contributed by atoms with Crippen molar-refractivity contribution in [2.24, 2.45) is 0 Å². The third-order valence-corrected chi connectivity index (χ3v) is 4.66. The van der Waals surface area contributed by atoms with Gasteiger partial charge in [-0.2, -0.15) is 0 Å². The Bertz CT molecular complexity index is 749. The molecule has 2 aromatic carbocycles. The number of benzene rings is 2. The van der Waals surface area contributed by atoms with Crippen LogP contribution in [0.15, 0.2) is 83.1 Å². The number of allylic oxidation sites excluding steroid dienone is 1. The van der Waals surface area contributed by atoms with Crippen molar-refractivity contribution in [3.63, 3.8) is 0 Å². The predicted molar refractivity (Wildman–Crippen MR) is 93.3 cm³/mol. The van der Waals surface area contributed by atoms with Crippen LogP contribution in [-0.4, -0.2) is 9.55 Å². The Balaban J connectivity index is 1.63. The molecule has 3 aromatic rings. The second kappa shape index (κ2) is 7.34. The van der Waals surface area contributed by atoms with Crippen molar-refractivity contribution in [1.29, 1.82) is 0 Å². The molecule has 0 atom stereocenters. The molecule has 3 rings (SSSR count). The fourth-order valence-electron chi connectivity index (χ4n) is 2.01. The van der Waals surface area contributed by atoms with Crippen LogP contribution >= 0.6 is 23.4 Å². The third-order valence-electron chi connectivity index (χ3n) is 3.13. The van der Waals surface area contributed by atoms with E-state index in [0.717, 1.165) is 16.5 Å². The summed E-state index contributed by atoms with van der Waals surface area (Å²) in [7, 11) is 0. The van der Waals surface area contributed by atoms with Crippen LogP contribution in [0.3, 0.4) is 0 Å². The standard InChI is InChI=1S/C18H15ClN2S/c19-17-5-1-2-6-18(17)22-16-9-7-15(8-10-16)4-3-12-21-13-11-20-14-21/h1-11,13-14H,12H2. The van der Waals surface area contributed by atoms with Gasteiger partial charge in [0.2, 0.25) is 0 Å². The van der Waals surface area contributed by atoms with Gasteiger partial charge in [-0.1, -0.05) is 59.8 Å². The van der Waals surface area contributed by atoms with Gasteiger partial charge in [-0.05, 0) is 29.8 Å². The molecule has 0 amide bonds. The quantitative estimate of drug-likeness (QED) is 0.624. The summed E-state index contributed by atoms with van der Waals surface area (Å²) in [5.74, 6) is 0. The van der Waals surface area contributed by atoms with Crippen molar-refractivity contribution < 1.29 is 0 Å². The number of imidazole rings is 1. The minimum Gasteiger partial charge on any atom is -0.334 e. The van der Waals surface area contributed by atoms with E-state index in [-0.39, 0.29) is 0 Å². The zero-order valence-corrected chi connectivity index (χ0v) is 13.5. The van der Waals surface area contributed by atoms with Crippen molar-refractivity contribution in [2.45, 2.75) is 16.3 Å². The van der Waals surface area contributed by atoms with Crippen LogP contribution in [0.5, 0.6) is 0 Å². The third kappa shape index (κ3) is 4.03. The first-order chi connectivity index (χ1) is 10.8. The summed E-state index contributed by atoms with van der Waals surface area (Å²) in [5, 5.41) is 0.789. The van der Waals surface area contributed by atoms with Crippen LogP contribution in [-0.2, 0) is 6.54 Å². The summed E-state index contributed by atoms with van der Waals surface area (Å²) in [5.41, 5.74) is 1.18.